The maximum Gasteiger partial charge on any atom is 0.321 e. The van der Waals surface area contributed by atoms with E-state index in [1.165, 1.54) is 22.4 Å². The Labute approximate surface area is 178 Å². The van der Waals surface area contributed by atoms with Crippen LogP contribution in [0.2, 0.25) is 0 Å². The largest absolute Gasteiger partial charge is 0.328 e. The van der Waals surface area contributed by atoms with Gasteiger partial charge in [-0.15, -0.1) is 0 Å². The smallest absolute Gasteiger partial charge is 0.321 e. The van der Waals surface area contributed by atoms with E-state index >= 15 is 0 Å². The highest BCUT2D eigenvalue weighted by Crippen LogP contribution is 2.23. The van der Waals surface area contributed by atoms with Crippen molar-refractivity contribution in [3.8, 4) is 0 Å². The number of hydrogen-bond donors (Lipinski definition) is 1. The van der Waals surface area contributed by atoms with Crippen molar-refractivity contribution in [1.82, 2.24) is 14.5 Å². The molecule has 2 heterocycles. The molecule has 1 aromatic heterocycles. The first-order valence-electron chi connectivity index (χ1n) is 10.7. The summed E-state index contributed by atoms with van der Waals surface area (Å²) in [4.78, 5) is 19.3. The molecule has 156 valence electrons. The lowest BCUT2D eigenvalue weighted by atomic mass is 10.0. The van der Waals surface area contributed by atoms with Crippen LogP contribution in [0.5, 0.6) is 0 Å². The van der Waals surface area contributed by atoms with Gasteiger partial charge in [-0.3, -0.25) is 0 Å². The summed E-state index contributed by atoms with van der Waals surface area (Å²) >= 11 is 0. The van der Waals surface area contributed by atoms with Gasteiger partial charge in [0.05, 0.1) is 0 Å². The van der Waals surface area contributed by atoms with E-state index in [1.807, 2.05) is 35.4 Å². The summed E-state index contributed by atoms with van der Waals surface area (Å²) < 4.78 is 2.30. The third-order valence-electron chi connectivity index (χ3n) is 6.12. The summed E-state index contributed by atoms with van der Waals surface area (Å²) in [5.74, 6) is 1.55. The van der Waals surface area contributed by atoms with E-state index in [2.05, 4.69) is 59.9 Å². The highest BCUT2D eigenvalue weighted by Gasteiger charge is 2.27. The first-order chi connectivity index (χ1) is 14.5. The third kappa shape index (κ3) is 4.56. The number of imidazole rings is 1. The number of urea groups is 1. The average Bonchev–Trinajstić information content (AvgIpc) is 3.34. The van der Waals surface area contributed by atoms with Crippen molar-refractivity contribution >= 4 is 11.7 Å². The van der Waals surface area contributed by atoms with Gasteiger partial charge in [0.25, 0.3) is 0 Å². The molecule has 2 aromatic carbocycles. The van der Waals surface area contributed by atoms with Crippen molar-refractivity contribution in [2.45, 2.75) is 40.2 Å². The number of hydrogen-bond acceptors (Lipinski definition) is 2. The molecule has 1 atom stereocenters. The van der Waals surface area contributed by atoms with Crippen LogP contribution in [0.15, 0.2) is 54.7 Å². The zero-order chi connectivity index (χ0) is 21.1. The van der Waals surface area contributed by atoms with Crippen LogP contribution in [0.4, 0.5) is 10.5 Å². The van der Waals surface area contributed by atoms with Crippen molar-refractivity contribution in [3.63, 3.8) is 0 Å². The number of aryl methyl sites for hydroxylation is 3. The lowest BCUT2D eigenvalue weighted by Crippen LogP contribution is -2.33. The van der Waals surface area contributed by atoms with Crippen LogP contribution in [0.3, 0.4) is 0 Å². The fourth-order valence-corrected chi connectivity index (χ4v) is 4.12. The van der Waals surface area contributed by atoms with Crippen molar-refractivity contribution in [1.29, 1.82) is 0 Å². The lowest BCUT2D eigenvalue weighted by molar-refractivity contribution is 0.220. The van der Waals surface area contributed by atoms with Gasteiger partial charge in [0.2, 0.25) is 0 Å². The fourth-order valence-electron chi connectivity index (χ4n) is 4.12. The Morgan fingerprint density at radius 2 is 1.90 bits per heavy atom. The number of likely N-dealkylation sites (tertiary alicyclic amines) is 1. The summed E-state index contributed by atoms with van der Waals surface area (Å²) in [7, 11) is 0. The monoisotopic (exact) mass is 402 g/mol. The minimum atomic E-state index is -0.00967. The Kier molecular flexibility index (Phi) is 5.88. The molecule has 30 heavy (non-hydrogen) atoms. The molecule has 0 aliphatic carbocycles. The van der Waals surface area contributed by atoms with Gasteiger partial charge in [0.1, 0.15) is 5.82 Å². The zero-order valence-electron chi connectivity index (χ0n) is 18.1. The van der Waals surface area contributed by atoms with Gasteiger partial charge in [0.15, 0.2) is 0 Å². The first-order valence-corrected chi connectivity index (χ1v) is 10.7. The van der Waals surface area contributed by atoms with E-state index in [-0.39, 0.29) is 6.03 Å². The normalized spacial score (nSPS) is 16.1. The number of amides is 2. The molecule has 1 aliphatic rings. The Morgan fingerprint density at radius 1 is 1.10 bits per heavy atom. The topological polar surface area (TPSA) is 50.2 Å². The van der Waals surface area contributed by atoms with Crippen LogP contribution in [0.25, 0.3) is 0 Å². The summed E-state index contributed by atoms with van der Waals surface area (Å²) in [6.07, 6.45) is 3.86. The predicted octanol–water partition coefficient (Wildman–Crippen LogP) is 4.95. The highest BCUT2D eigenvalue weighted by atomic mass is 16.2. The SMILES string of the molecule is Cc1ccc(NC(=O)N2CCC(Cc3ncc(C)n3Cc3ccccc3)C2)cc1C. The van der Waals surface area contributed by atoms with Gasteiger partial charge in [-0.25, -0.2) is 9.78 Å². The van der Waals surface area contributed by atoms with Crippen LogP contribution in [0.1, 0.15) is 34.6 Å². The maximum atomic E-state index is 12.7. The summed E-state index contributed by atoms with van der Waals surface area (Å²) in [6.45, 7) is 8.66. The van der Waals surface area contributed by atoms with Crippen LogP contribution >= 0.6 is 0 Å². The standard InChI is InChI=1S/C25H30N4O/c1-18-9-10-23(13-19(18)2)27-25(30)28-12-11-22(16-28)14-24-26-15-20(3)29(24)17-21-7-5-4-6-8-21/h4-10,13,15,22H,11-12,14,16-17H2,1-3H3,(H,27,30). The van der Waals surface area contributed by atoms with Crippen molar-refractivity contribution < 1.29 is 4.79 Å². The molecule has 4 rings (SSSR count). The quantitative estimate of drug-likeness (QED) is 0.656. The molecule has 0 bridgehead atoms. The Balaban J connectivity index is 1.37. The molecule has 1 N–H and O–H groups in total. The molecule has 1 fully saturated rings. The van der Waals surface area contributed by atoms with Gasteiger partial charge >= 0.3 is 6.03 Å². The maximum absolute atomic E-state index is 12.7. The molecule has 5 heteroatoms. The fraction of sp³-hybridized carbons (Fsp3) is 0.360. The van der Waals surface area contributed by atoms with E-state index in [0.717, 1.165) is 44.0 Å². The highest BCUT2D eigenvalue weighted by molar-refractivity contribution is 5.89. The first kappa shape index (κ1) is 20.2. The number of rotatable bonds is 5. The molecule has 2 amide bonds. The minimum Gasteiger partial charge on any atom is -0.328 e. The van der Waals surface area contributed by atoms with Gasteiger partial charge in [-0.2, -0.15) is 0 Å². The molecule has 0 spiro atoms. The van der Waals surface area contributed by atoms with Gasteiger partial charge in [0, 0.05) is 43.6 Å². The number of anilines is 1. The summed E-state index contributed by atoms with van der Waals surface area (Å²) in [6, 6.07) is 16.5. The van der Waals surface area contributed by atoms with Crippen molar-refractivity contribution in [2.75, 3.05) is 18.4 Å². The van der Waals surface area contributed by atoms with Crippen molar-refractivity contribution in [3.05, 3.63) is 82.9 Å². The molecule has 1 saturated heterocycles. The molecule has 0 saturated carbocycles. The Hall–Kier alpha value is -3.08. The molecule has 1 unspecified atom stereocenters. The van der Waals surface area contributed by atoms with E-state index in [1.54, 1.807) is 0 Å². The molecule has 0 radical (unpaired) electrons. The molecule has 5 nitrogen and oxygen atoms in total. The van der Waals surface area contributed by atoms with Crippen molar-refractivity contribution in [2.24, 2.45) is 5.92 Å². The Bertz CT molecular complexity index is 1020. The van der Waals surface area contributed by atoms with Gasteiger partial charge in [-0.05, 0) is 61.9 Å². The molecular weight excluding hydrogens is 372 g/mol. The van der Waals surface area contributed by atoms with E-state index in [9.17, 15) is 4.79 Å². The van der Waals surface area contributed by atoms with Crippen LogP contribution in [-0.4, -0.2) is 33.6 Å². The summed E-state index contributed by atoms with van der Waals surface area (Å²) in [5, 5.41) is 3.05. The lowest BCUT2D eigenvalue weighted by Gasteiger charge is -2.18. The Morgan fingerprint density at radius 3 is 2.67 bits per heavy atom. The van der Waals surface area contributed by atoms with E-state index in [4.69, 9.17) is 0 Å². The van der Waals surface area contributed by atoms with Gasteiger partial charge in [-0.1, -0.05) is 36.4 Å². The number of aromatic nitrogens is 2. The zero-order valence-corrected chi connectivity index (χ0v) is 18.1. The number of nitrogens with one attached hydrogen (secondary N) is 1. The predicted molar refractivity (Wildman–Crippen MR) is 121 cm³/mol. The van der Waals surface area contributed by atoms with E-state index in [0.29, 0.717) is 5.92 Å². The second-order valence-corrected chi connectivity index (χ2v) is 8.42. The van der Waals surface area contributed by atoms with Crippen LogP contribution in [0, 0.1) is 26.7 Å². The second kappa shape index (κ2) is 8.74. The number of benzene rings is 2. The number of nitrogens with zero attached hydrogens (tertiary/aromatic N) is 3. The van der Waals surface area contributed by atoms with E-state index < -0.39 is 0 Å². The molecular formula is C25H30N4O. The minimum absolute atomic E-state index is 0.00967. The molecule has 1 aliphatic heterocycles. The van der Waals surface area contributed by atoms with Crippen LogP contribution in [-0.2, 0) is 13.0 Å². The van der Waals surface area contributed by atoms with Crippen LogP contribution < -0.4 is 5.32 Å². The second-order valence-electron chi connectivity index (χ2n) is 8.42. The number of carbonyl (C=O) groups is 1. The average molecular weight is 403 g/mol. The molecule has 3 aromatic rings. The number of carbonyl (C=O) groups excluding carboxylic acids is 1. The van der Waals surface area contributed by atoms with Gasteiger partial charge < -0.3 is 14.8 Å². The third-order valence-corrected chi connectivity index (χ3v) is 6.12. The summed E-state index contributed by atoms with van der Waals surface area (Å²) in [5.41, 5.74) is 5.74.